The van der Waals surface area contributed by atoms with Gasteiger partial charge in [0.1, 0.15) is 16.5 Å². The SMILES string of the molecule is C[C@H](NC(=O)c1ccc(Cl)c(S(=O)(=O)NC2CC2)c1)c1ccc(F)cc1F. The van der Waals surface area contributed by atoms with Crippen LogP contribution >= 0.6 is 11.6 Å². The van der Waals surface area contributed by atoms with Gasteiger partial charge in [0, 0.05) is 23.2 Å². The van der Waals surface area contributed by atoms with Crippen LogP contribution in [0.4, 0.5) is 8.78 Å². The number of halogens is 3. The highest BCUT2D eigenvalue weighted by Crippen LogP contribution is 2.27. The van der Waals surface area contributed by atoms with Crippen molar-refractivity contribution in [3.05, 3.63) is 64.2 Å². The van der Waals surface area contributed by atoms with E-state index in [2.05, 4.69) is 10.0 Å². The highest BCUT2D eigenvalue weighted by molar-refractivity contribution is 7.89. The molecule has 1 saturated carbocycles. The van der Waals surface area contributed by atoms with Crippen LogP contribution in [0.2, 0.25) is 5.02 Å². The number of benzene rings is 2. The van der Waals surface area contributed by atoms with Crippen molar-refractivity contribution in [2.24, 2.45) is 0 Å². The molecule has 1 atom stereocenters. The van der Waals surface area contributed by atoms with E-state index in [9.17, 15) is 22.0 Å². The molecule has 27 heavy (non-hydrogen) atoms. The number of carbonyl (C=O) groups is 1. The summed E-state index contributed by atoms with van der Waals surface area (Å²) in [5.41, 5.74) is 0.173. The molecule has 9 heteroatoms. The molecule has 0 saturated heterocycles. The topological polar surface area (TPSA) is 75.3 Å². The Labute approximate surface area is 160 Å². The predicted octanol–water partition coefficient (Wildman–Crippen LogP) is 3.55. The van der Waals surface area contributed by atoms with E-state index in [0.29, 0.717) is 0 Å². The van der Waals surface area contributed by atoms with E-state index in [4.69, 9.17) is 11.6 Å². The van der Waals surface area contributed by atoms with Gasteiger partial charge in [-0.2, -0.15) is 0 Å². The second kappa shape index (κ2) is 7.53. The fraction of sp³-hybridized carbons (Fsp3) is 0.278. The first kappa shape index (κ1) is 19.7. The molecule has 0 aromatic heterocycles. The molecule has 0 heterocycles. The van der Waals surface area contributed by atoms with Crippen molar-refractivity contribution in [2.45, 2.75) is 36.7 Å². The Morgan fingerprint density at radius 3 is 2.52 bits per heavy atom. The minimum Gasteiger partial charge on any atom is -0.345 e. The standard InChI is InChI=1S/C18H17ClF2N2O3S/c1-10(14-6-3-12(20)9-16(14)21)22-18(24)11-2-7-15(19)17(8-11)27(25,26)23-13-4-5-13/h2-3,6-10,13,23H,4-5H2,1H3,(H,22,24)/t10-/m0/s1. The number of amides is 1. The maximum absolute atomic E-state index is 13.9. The largest absolute Gasteiger partial charge is 0.345 e. The second-order valence-corrected chi connectivity index (χ2v) is 8.49. The Hall–Kier alpha value is -2.03. The first-order valence-electron chi connectivity index (χ1n) is 8.25. The van der Waals surface area contributed by atoms with Gasteiger partial charge in [0.05, 0.1) is 11.1 Å². The quantitative estimate of drug-likeness (QED) is 0.759. The van der Waals surface area contributed by atoms with Crippen LogP contribution < -0.4 is 10.0 Å². The number of carbonyl (C=O) groups excluding carboxylic acids is 1. The molecule has 2 aromatic carbocycles. The van der Waals surface area contributed by atoms with Crippen molar-refractivity contribution in [3.63, 3.8) is 0 Å². The monoisotopic (exact) mass is 414 g/mol. The zero-order valence-corrected chi connectivity index (χ0v) is 15.9. The third-order valence-electron chi connectivity index (χ3n) is 4.16. The Balaban J connectivity index is 1.81. The van der Waals surface area contributed by atoms with Gasteiger partial charge in [0.2, 0.25) is 10.0 Å². The predicted molar refractivity (Wildman–Crippen MR) is 97.0 cm³/mol. The van der Waals surface area contributed by atoms with Gasteiger partial charge in [-0.1, -0.05) is 17.7 Å². The molecule has 3 rings (SSSR count). The van der Waals surface area contributed by atoms with Crippen molar-refractivity contribution in [2.75, 3.05) is 0 Å². The Morgan fingerprint density at radius 2 is 1.89 bits per heavy atom. The lowest BCUT2D eigenvalue weighted by molar-refractivity contribution is 0.0939. The Bertz CT molecular complexity index is 994. The minimum atomic E-state index is -3.84. The molecule has 0 spiro atoms. The summed E-state index contributed by atoms with van der Waals surface area (Å²) in [5, 5.41) is 2.56. The molecule has 1 aliphatic carbocycles. The van der Waals surface area contributed by atoms with E-state index in [0.717, 1.165) is 25.0 Å². The Morgan fingerprint density at radius 1 is 1.19 bits per heavy atom. The van der Waals surface area contributed by atoms with E-state index in [1.807, 2.05) is 0 Å². The number of rotatable bonds is 6. The summed E-state index contributed by atoms with van der Waals surface area (Å²) in [6, 6.07) is 6.08. The molecule has 1 aliphatic rings. The molecular weight excluding hydrogens is 398 g/mol. The first-order valence-corrected chi connectivity index (χ1v) is 10.1. The summed E-state index contributed by atoms with van der Waals surface area (Å²) in [6.07, 6.45) is 1.52. The highest BCUT2D eigenvalue weighted by Gasteiger charge is 2.29. The lowest BCUT2D eigenvalue weighted by Crippen LogP contribution is -2.29. The number of hydrogen-bond acceptors (Lipinski definition) is 3. The van der Waals surface area contributed by atoms with E-state index in [1.54, 1.807) is 0 Å². The average Bonchev–Trinajstić information content (AvgIpc) is 3.38. The minimum absolute atomic E-state index is 0.00247. The van der Waals surface area contributed by atoms with E-state index >= 15 is 0 Å². The fourth-order valence-electron chi connectivity index (χ4n) is 2.55. The molecular formula is C18H17ClF2N2O3S. The molecule has 1 fully saturated rings. The molecule has 0 aliphatic heterocycles. The van der Waals surface area contributed by atoms with Crippen LogP contribution in [0, 0.1) is 11.6 Å². The Kier molecular flexibility index (Phi) is 5.50. The average molecular weight is 415 g/mol. The van der Waals surface area contributed by atoms with Gasteiger partial charge in [0.25, 0.3) is 5.91 Å². The van der Waals surface area contributed by atoms with Gasteiger partial charge >= 0.3 is 0 Å². The number of nitrogens with one attached hydrogen (secondary N) is 2. The van der Waals surface area contributed by atoms with Gasteiger partial charge in [0.15, 0.2) is 0 Å². The molecule has 5 nitrogen and oxygen atoms in total. The lowest BCUT2D eigenvalue weighted by Gasteiger charge is -2.16. The zero-order chi connectivity index (χ0) is 19.8. The fourth-order valence-corrected chi connectivity index (χ4v) is 4.38. The maximum Gasteiger partial charge on any atom is 0.251 e. The van der Waals surface area contributed by atoms with Crippen LogP contribution in [0.3, 0.4) is 0 Å². The van der Waals surface area contributed by atoms with Gasteiger partial charge in [-0.3, -0.25) is 4.79 Å². The van der Waals surface area contributed by atoms with Crippen molar-refractivity contribution < 1.29 is 22.0 Å². The second-order valence-electron chi connectivity index (χ2n) is 6.40. The zero-order valence-electron chi connectivity index (χ0n) is 14.3. The summed E-state index contributed by atoms with van der Waals surface area (Å²) in [7, 11) is -3.84. The van der Waals surface area contributed by atoms with Crippen LogP contribution in [-0.4, -0.2) is 20.4 Å². The molecule has 0 bridgehead atoms. The van der Waals surface area contributed by atoms with Crippen LogP contribution in [0.1, 0.15) is 41.7 Å². The van der Waals surface area contributed by atoms with Crippen molar-refractivity contribution in [1.29, 1.82) is 0 Å². The maximum atomic E-state index is 13.9. The van der Waals surface area contributed by atoms with Crippen molar-refractivity contribution >= 4 is 27.5 Å². The van der Waals surface area contributed by atoms with Crippen LogP contribution in [0.5, 0.6) is 0 Å². The third kappa shape index (κ3) is 4.63. The van der Waals surface area contributed by atoms with Crippen molar-refractivity contribution in [3.8, 4) is 0 Å². The van der Waals surface area contributed by atoms with Crippen LogP contribution in [0.15, 0.2) is 41.3 Å². The summed E-state index contributed by atoms with van der Waals surface area (Å²) < 4.78 is 54.2. The summed E-state index contributed by atoms with van der Waals surface area (Å²) in [6.45, 7) is 1.54. The van der Waals surface area contributed by atoms with Crippen LogP contribution in [0.25, 0.3) is 0 Å². The molecule has 2 aromatic rings. The van der Waals surface area contributed by atoms with Gasteiger partial charge in [-0.15, -0.1) is 0 Å². The molecule has 2 N–H and O–H groups in total. The highest BCUT2D eigenvalue weighted by atomic mass is 35.5. The van der Waals surface area contributed by atoms with E-state index in [-0.39, 0.29) is 27.1 Å². The smallest absolute Gasteiger partial charge is 0.251 e. The van der Waals surface area contributed by atoms with Crippen LogP contribution in [-0.2, 0) is 10.0 Å². The number of hydrogen-bond donors (Lipinski definition) is 2. The van der Waals surface area contributed by atoms with E-state index < -0.39 is 33.6 Å². The molecule has 0 radical (unpaired) electrons. The molecule has 144 valence electrons. The third-order valence-corrected chi connectivity index (χ3v) is 6.16. The lowest BCUT2D eigenvalue weighted by atomic mass is 10.1. The first-order chi connectivity index (χ1) is 12.7. The molecule has 0 unspecified atom stereocenters. The number of sulfonamides is 1. The van der Waals surface area contributed by atoms with Gasteiger partial charge in [-0.25, -0.2) is 21.9 Å². The van der Waals surface area contributed by atoms with Gasteiger partial charge < -0.3 is 5.32 Å². The van der Waals surface area contributed by atoms with Gasteiger partial charge in [-0.05, 0) is 44.0 Å². The summed E-state index contributed by atoms with van der Waals surface area (Å²) in [4.78, 5) is 12.3. The molecule has 1 amide bonds. The van der Waals surface area contributed by atoms with Crippen molar-refractivity contribution in [1.82, 2.24) is 10.0 Å². The van der Waals surface area contributed by atoms with E-state index in [1.165, 1.54) is 31.2 Å². The normalized spacial score (nSPS) is 15.4. The summed E-state index contributed by atoms with van der Waals surface area (Å²) in [5.74, 6) is -2.10. The summed E-state index contributed by atoms with van der Waals surface area (Å²) >= 11 is 5.99.